The van der Waals surface area contributed by atoms with Crippen LogP contribution < -0.4 is 10.0 Å². The molecule has 1 aromatic rings. The van der Waals surface area contributed by atoms with Crippen LogP contribution in [0.1, 0.15) is 37.6 Å². The van der Waals surface area contributed by atoms with Crippen LogP contribution >= 0.6 is 0 Å². The fraction of sp³-hybridized carbons (Fsp3) is 0.500. The van der Waals surface area contributed by atoms with Gasteiger partial charge >= 0.3 is 0 Å². The first-order valence-corrected chi connectivity index (χ1v) is 8.33. The van der Waals surface area contributed by atoms with Crippen LogP contribution in [0, 0.1) is 0 Å². The summed E-state index contributed by atoms with van der Waals surface area (Å²) in [6.07, 6.45) is -0.0259. The minimum atomic E-state index is -3.55. The van der Waals surface area contributed by atoms with Crippen molar-refractivity contribution in [1.82, 2.24) is 10.0 Å². The number of carbonyl (C=O) groups excluding carboxylic acids is 1. The van der Waals surface area contributed by atoms with Gasteiger partial charge in [0.15, 0.2) is 0 Å². The molecule has 0 aliphatic heterocycles. The number of benzene rings is 1. The number of aliphatic hydroxyl groups excluding tert-OH is 1. The molecule has 6 nitrogen and oxygen atoms in total. The van der Waals surface area contributed by atoms with E-state index in [9.17, 15) is 18.3 Å². The van der Waals surface area contributed by atoms with Gasteiger partial charge in [-0.3, -0.25) is 4.79 Å². The van der Waals surface area contributed by atoms with Crippen molar-refractivity contribution in [1.29, 1.82) is 0 Å². The molecular formula is C14H22N2O4S. The molecule has 0 radical (unpaired) electrons. The highest BCUT2D eigenvalue weighted by molar-refractivity contribution is 7.89. The van der Waals surface area contributed by atoms with Gasteiger partial charge in [0.05, 0.1) is 11.0 Å². The van der Waals surface area contributed by atoms with Gasteiger partial charge in [-0.15, -0.1) is 0 Å². The molecule has 118 valence electrons. The number of rotatable bonds is 7. The average Bonchev–Trinajstić information content (AvgIpc) is 2.43. The molecule has 1 aromatic carbocycles. The Morgan fingerprint density at radius 3 is 2.29 bits per heavy atom. The summed E-state index contributed by atoms with van der Waals surface area (Å²) in [7, 11) is -3.55. The summed E-state index contributed by atoms with van der Waals surface area (Å²) in [5.41, 5.74) is 0.349. The van der Waals surface area contributed by atoms with Crippen LogP contribution in [-0.2, 0) is 10.0 Å². The molecule has 0 bridgehead atoms. The zero-order valence-corrected chi connectivity index (χ0v) is 13.3. The Morgan fingerprint density at radius 2 is 1.81 bits per heavy atom. The van der Waals surface area contributed by atoms with Crippen molar-refractivity contribution < 1.29 is 18.3 Å². The fourth-order valence-electron chi connectivity index (χ4n) is 1.62. The zero-order chi connectivity index (χ0) is 16.0. The summed E-state index contributed by atoms with van der Waals surface area (Å²) in [6.45, 7) is 5.46. The monoisotopic (exact) mass is 314 g/mol. The Hall–Kier alpha value is -1.44. The molecule has 21 heavy (non-hydrogen) atoms. The Morgan fingerprint density at radius 1 is 1.24 bits per heavy atom. The number of hydrogen-bond donors (Lipinski definition) is 3. The van der Waals surface area contributed by atoms with Crippen LogP contribution in [-0.4, -0.2) is 38.1 Å². The van der Waals surface area contributed by atoms with Crippen LogP contribution in [0.25, 0.3) is 0 Å². The van der Waals surface area contributed by atoms with E-state index in [1.165, 1.54) is 24.3 Å². The molecule has 0 spiro atoms. The highest BCUT2D eigenvalue weighted by Gasteiger charge is 2.16. The van der Waals surface area contributed by atoms with Crippen molar-refractivity contribution in [3.8, 4) is 0 Å². The summed E-state index contributed by atoms with van der Waals surface area (Å²) in [5.74, 6) is -0.344. The van der Waals surface area contributed by atoms with Gasteiger partial charge in [-0.2, -0.15) is 0 Å². The zero-order valence-electron chi connectivity index (χ0n) is 12.5. The molecule has 0 aliphatic rings. The summed E-state index contributed by atoms with van der Waals surface area (Å²) in [6, 6.07) is 5.46. The molecule has 0 aliphatic carbocycles. The molecule has 1 rings (SSSR count). The molecule has 7 heteroatoms. The Bertz CT molecular complexity index is 567. The minimum absolute atomic E-state index is 0.112. The van der Waals surface area contributed by atoms with Gasteiger partial charge < -0.3 is 10.4 Å². The lowest BCUT2D eigenvalue weighted by atomic mass is 10.2. The maximum Gasteiger partial charge on any atom is 0.251 e. The Balaban J connectivity index is 2.76. The first-order valence-electron chi connectivity index (χ1n) is 6.85. The molecule has 3 N–H and O–H groups in total. The number of nitrogens with one attached hydrogen (secondary N) is 2. The van der Waals surface area contributed by atoms with E-state index < -0.39 is 16.1 Å². The number of amides is 1. The normalized spacial score (nSPS) is 13.2. The summed E-state index contributed by atoms with van der Waals surface area (Å²) in [5, 5.41) is 12.0. The van der Waals surface area contributed by atoms with Gasteiger partial charge in [0.2, 0.25) is 10.0 Å². The Kier molecular flexibility index (Phi) is 6.32. The maximum absolute atomic E-state index is 11.9. The van der Waals surface area contributed by atoms with E-state index in [2.05, 4.69) is 10.0 Å². The highest BCUT2D eigenvalue weighted by Crippen LogP contribution is 2.11. The molecule has 0 fully saturated rings. The van der Waals surface area contributed by atoms with Gasteiger partial charge in [-0.05, 0) is 44.5 Å². The standard InChI is InChI=1S/C14H22N2O4S/c1-4-12(17)9-15-14(18)11-5-7-13(8-6-11)21(19,20)16-10(2)3/h5-8,10,12,16-17H,4,9H2,1-3H3,(H,15,18). The molecule has 0 saturated carbocycles. The lowest BCUT2D eigenvalue weighted by Crippen LogP contribution is -2.32. The predicted molar refractivity (Wildman–Crippen MR) is 80.5 cm³/mol. The smallest absolute Gasteiger partial charge is 0.251 e. The molecule has 0 heterocycles. The van der Waals surface area contributed by atoms with E-state index in [1.54, 1.807) is 13.8 Å². The van der Waals surface area contributed by atoms with Crippen LogP contribution in [0.5, 0.6) is 0 Å². The third-order valence-corrected chi connectivity index (χ3v) is 4.46. The topological polar surface area (TPSA) is 95.5 Å². The Labute approximate surface area is 125 Å². The quantitative estimate of drug-likeness (QED) is 0.696. The first-order chi connectivity index (χ1) is 9.76. The molecule has 0 saturated heterocycles. The van der Waals surface area contributed by atoms with Crippen molar-refractivity contribution in [2.24, 2.45) is 0 Å². The van der Waals surface area contributed by atoms with Crippen LogP contribution in [0.2, 0.25) is 0 Å². The van der Waals surface area contributed by atoms with Crippen LogP contribution in [0.4, 0.5) is 0 Å². The van der Waals surface area contributed by atoms with Gasteiger partial charge in [0.25, 0.3) is 5.91 Å². The fourth-order valence-corrected chi connectivity index (χ4v) is 2.87. The second-order valence-electron chi connectivity index (χ2n) is 5.07. The largest absolute Gasteiger partial charge is 0.391 e. The number of sulfonamides is 1. The molecule has 0 aromatic heterocycles. The predicted octanol–water partition coefficient (Wildman–Crippen LogP) is 0.874. The van der Waals surface area contributed by atoms with Crippen molar-refractivity contribution in [3.63, 3.8) is 0 Å². The highest BCUT2D eigenvalue weighted by atomic mass is 32.2. The van der Waals surface area contributed by atoms with Gasteiger partial charge in [-0.1, -0.05) is 6.92 Å². The van der Waals surface area contributed by atoms with E-state index in [0.717, 1.165) is 0 Å². The van der Waals surface area contributed by atoms with Crippen molar-refractivity contribution in [2.45, 2.75) is 44.2 Å². The van der Waals surface area contributed by atoms with Crippen molar-refractivity contribution >= 4 is 15.9 Å². The molecule has 1 atom stereocenters. The van der Waals surface area contributed by atoms with E-state index in [0.29, 0.717) is 12.0 Å². The molecule has 1 amide bonds. The second kappa shape index (κ2) is 7.53. The van der Waals surface area contributed by atoms with Gasteiger partial charge in [0.1, 0.15) is 0 Å². The number of aliphatic hydroxyl groups is 1. The maximum atomic E-state index is 11.9. The van der Waals surface area contributed by atoms with E-state index in [1.807, 2.05) is 6.92 Å². The molecule has 1 unspecified atom stereocenters. The SMILES string of the molecule is CCC(O)CNC(=O)c1ccc(S(=O)(=O)NC(C)C)cc1. The van der Waals surface area contributed by atoms with E-state index in [-0.39, 0.29) is 23.4 Å². The summed E-state index contributed by atoms with van der Waals surface area (Å²) < 4.78 is 26.3. The van der Waals surface area contributed by atoms with E-state index in [4.69, 9.17) is 0 Å². The van der Waals surface area contributed by atoms with Crippen LogP contribution in [0.3, 0.4) is 0 Å². The number of hydrogen-bond acceptors (Lipinski definition) is 4. The average molecular weight is 314 g/mol. The second-order valence-corrected chi connectivity index (χ2v) is 6.79. The minimum Gasteiger partial charge on any atom is -0.391 e. The van der Waals surface area contributed by atoms with Gasteiger partial charge in [-0.25, -0.2) is 13.1 Å². The first kappa shape index (κ1) is 17.6. The van der Waals surface area contributed by atoms with Crippen molar-refractivity contribution in [2.75, 3.05) is 6.54 Å². The third-order valence-electron chi connectivity index (χ3n) is 2.79. The summed E-state index contributed by atoms with van der Waals surface area (Å²) >= 11 is 0. The van der Waals surface area contributed by atoms with Crippen LogP contribution in [0.15, 0.2) is 29.2 Å². The summed E-state index contributed by atoms with van der Waals surface area (Å²) in [4.78, 5) is 11.9. The third kappa shape index (κ3) is 5.45. The van der Waals surface area contributed by atoms with Gasteiger partial charge in [0, 0.05) is 18.2 Å². The lowest BCUT2D eigenvalue weighted by molar-refractivity contribution is 0.0914. The molecular weight excluding hydrogens is 292 g/mol. The number of carbonyl (C=O) groups is 1. The van der Waals surface area contributed by atoms with E-state index >= 15 is 0 Å². The van der Waals surface area contributed by atoms with Crippen molar-refractivity contribution in [3.05, 3.63) is 29.8 Å². The lowest BCUT2D eigenvalue weighted by Gasteiger charge is -2.11.